The molecular formula is C13H17FN4. The highest BCUT2D eigenvalue weighted by Gasteiger charge is 2.08. The zero-order chi connectivity index (χ0) is 13.1. The largest absolute Gasteiger partial charge is 0.355 e. The molecule has 0 saturated heterocycles. The highest BCUT2D eigenvalue weighted by atomic mass is 19.1. The molecule has 0 atom stereocenters. The van der Waals surface area contributed by atoms with Gasteiger partial charge in [0.1, 0.15) is 5.82 Å². The quantitative estimate of drug-likeness (QED) is 0.904. The number of halogens is 1. The van der Waals surface area contributed by atoms with Crippen molar-refractivity contribution in [1.82, 2.24) is 14.5 Å². The van der Waals surface area contributed by atoms with E-state index in [1.807, 2.05) is 17.7 Å². The van der Waals surface area contributed by atoms with Crippen LogP contribution in [-0.4, -0.2) is 21.1 Å². The summed E-state index contributed by atoms with van der Waals surface area (Å²) in [7, 11) is 0. The summed E-state index contributed by atoms with van der Waals surface area (Å²) >= 11 is 0. The predicted octanol–water partition coefficient (Wildman–Crippen LogP) is 2.78. The highest BCUT2D eigenvalue weighted by Crippen LogP contribution is 2.16. The van der Waals surface area contributed by atoms with Crippen molar-refractivity contribution in [3.8, 4) is 5.69 Å². The van der Waals surface area contributed by atoms with Gasteiger partial charge >= 0.3 is 0 Å². The normalized spacial score (nSPS) is 10.9. The second-order valence-corrected chi connectivity index (χ2v) is 4.71. The molecule has 0 unspecified atom stereocenters. The van der Waals surface area contributed by atoms with Crippen LogP contribution in [0.25, 0.3) is 5.69 Å². The Hall–Kier alpha value is -1.91. The van der Waals surface area contributed by atoms with Crippen molar-refractivity contribution in [2.24, 2.45) is 5.92 Å². The van der Waals surface area contributed by atoms with Crippen LogP contribution in [0.15, 0.2) is 24.7 Å². The molecule has 96 valence electrons. The Morgan fingerprint density at radius 2 is 2.17 bits per heavy atom. The van der Waals surface area contributed by atoms with E-state index in [4.69, 9.17) is 0 Å². The summed E-state index contributed by atoms with van der Waals surface area (Å²) in [5.41, 5.74) is 1.55. The minimum absolute atomic E-state index is 0.353. The summed E-state index contributed by atoms with van der Waals surface area (Å²) in [5.74, 6) is 0.878. The van der Waals surface area contributed by atoms with Crippen molar-refractivity contribution in [2.45, 2.75) is 20.8 Å². The molecule has 0 radical (unpaired) electrons. The number of rotatable bonds is 4. The van der Waals surface area contributed by atoms with E-state index in [1.54, 1.807) is 6.20 Å². The Kier molecular flexibility index (Phi) is 3.60. The van der Waals surface area contributed by atoms with Gasteiger partial charge in [0, 0.05) is 18.8 Å². The molecule has 18 heavy (non-hydrogen) atoms. The number of nitrogens with zero attached hydrogens (tertiary/aromatic N) is 3. The summed E-state index contributed by atoms with van der Waals surface area (Å²) in [6.45, 7) is 6.97. The van der Waals surface area contributed by atoms with E-state index >= 15 is 0 Å². The molecule has 2 rings (SSSR count). The van der Waals surface area contributed by atoms with Crippen LogP contribution in [0.1, 0.15) is 19.5 Å². The maximum Gasteiger partial charge on any atom is 0.207 e. The molecule has 0 aliphatic carbocycles. The van der Waals surface area contributed by atoms with Crippen LogP contribution in [0.2, 0.25) is 0 Å². The van der Waals surface area contributed by atoms with Crippen LogP contribution in [-0.2, 0) is 0 Å². The van der Waals surface area contributed by atoms with E-state index in [0.29, 0.717) is 17.6 Å². The highest BCUT2D eigenvalue weighted by molar-refractivity contribution is 5.41. The van der Waals surface area contributed by atoms with Crippen LogP contribution in [0.3, 0.4) is 0 Å². The molecule has 0 fully saturated rings. The lowest BCUT2D eigenvalue weighted by atomic mass is 10.2. The molecule has 0 aliphatic rings. The molecule has 5 heteroatoms. The molecule has 0 aliphatic heterocycles. The monoisotopic (exact) mass is 248 g/mol. The number of hydrogen-bond donors (Lipinski definition) is 1. The van der Waals surface area contributed by atoms with Crippen molar-refractivity contribution < 1.29 is 4.39 Å². The average Bonchev–Trinajstić information content (AvgIpc) is 2.68. The Morgan fingerprint density at radius 3 is 2.83 bits per heavy atom. The van der Waals surface area contributed by atoms with E-state index in [9.17, 15) is 4.39 Å². The second kappa shape index (κ2) is 5.16. The fourth-order valence-corrected chi connectivity index (χ4v) is 1.65. The number of aryl methyl sites for hydroxylation is 1. The molecule has 0 spiro atoms. The summed E-state index contributed by atoms with van der Waals surface area (Å²) in [4.78, 5) is 8.25. The van der Waals surface area contributed by atoms with Crippen LogP contribution < -0.4 is 5.32 Å². The Balaban J connectivity index is 2.32. The first-order valence-electron chi connectivity index (χ1n) is 5.97. The standard InChI is InChI=1S/C13H17FN4/c1-9(2)5-16-13-17-10(3)8-18(13)12-4-11(14)6-15-7-12/h4,6-9H,5H2,1-3H3,(H,16,17). The van der Waals surface area contributed by atoms with Gasteiger partial charge in [-0.1, -0.05) is 13.8 Å². The lowest BCUT2D eigenvalue weighted by Gasteiger charge is -2.11. The number of anilines is 1. The first kappa shape index (κ1) is 12.5. The van der Waals surface area contributed by atoms with E-state index in [-0.39, 0.29) is 5.82 Å². The molecule has 0 aromatic carbocycles. The van der Waals surface area contributed by atoms with E-state index in [0.717, 1.165) is 12.2 Å². The summed E-state index contributed by atoms with van der Waals surface area (Å²) in [6, 6.07) is 1.44. The van der Waals surface area contributed by atoms with Crippen molar-refractivity contribution >= 4 is 5.95 Å². The number of imidazole rings is 1. The lowest BCUT2D eigenvalue weighted by Crippen LogP contribution is -2.12. The molecule has 4 nitrogen and oxygen atoms in total. The van der Waals surface area contributed by atoms with Gasteiger partial charge in [-0.05, 0) is 12.8 Å². The minimum Gasteiger partial charge on any atom is -0.355 e. The van der Waals surface area contributed by atoms with Gasteiger partial charge in [-0.25, -0.2) is 9.37 Å². The molecule has 2 aromatic heterocycles. The molecular weight excluding hydrogens is 231 g/mol. The molecule has 1 N–H and O–H groups in total. The first-order valence-corrected chi connectivity index (χ1v) is 5.97. The zero-order valence-corrected chi connectivity index (χ0v) is 10.8. The van der Waals surface area contributed by atoms with Crippen LogP contribution >= 0.6 is 0 Å². The minimum atomic E-state index is -0.353. The zero-order valence-electron chi connectivity index (χ0n) is 10.8. The van der Waals surface area contributed by atoms with Crippen LogP contribution in [0.5, 0.6) is 0 Å². The van der Waals surface area contributed by atoms with E-state index in [2.05, 4.69) is 29.1 Å². The summed E-state index contributed by atoms with van der Waals surface area (Å²) < 4.78 is 15.0. The van der Waals surface area contributed by atoms with Gasteiger partial charge in [-0.3, -0.25) is 9.55 Å². The van der Waals surface area contributed by atoms with Gasteiger partial charge in [-0.2, -0.15) is 0 Å². The third kappa shape index (κ3) is 2.85. The molecule has 0 bridgehead atoms. The summed E-state index contributed by atoms with van der Waals surface area (Å²) in [6.07, 6.45) is 4.67. The van der Waals surface area contributed by atoms with Crippen LogP contribution in [0, 0.1) is 18.7 Å². The smallest absolute Gasteiger partial charge is 0.207 e. The number of nitrogens with one attached hydrogen (secondary N) is 1. The van der Waals surface area contributed by atoms with Gasteiger partial charge in [0.25, 0.3) is 0 Å². The summed E-state index contributed by atoms with van der Waals surface area (Å²) in [5, 5.41) is 3.25. The van der Waals surface area contributed by atoms with Crippen molar-refractivity contribution in [2.75, 3.05) is 11.9 Å². The first-order chi connectivity index (χ1) is 8.56. The third-order valence-electron chi connectivity index (χ3n) is 2.46. The Bertz CT molecular complexity index is 534. The second-order valence-electron chi connectivity index (χ2n) is 4.71. The van der Waals surface area contributed by atoms with Crippen molar-refractivity contribution in [3.05, 3.63) is 36.2 Å². The molecule has 0 saturated carbocycles. The number of aromatic nitrogens is 3. The van der Waals surface area contributed by atoms with Crippen molar-refractivity contribution in [3.63, 3.8) is 0 Å². The molecule has 0 amide bonds. The van der Waals surface area contributed by atoms with Gasteiger partial charge in [-0.15, -0.1) is 0 Å². The van der Waals surface area contributed by atoms with E-state index in [1.165, 1.54) is 12.3 Å². The number of hydrogen-bond acceptors (Lipinski definition) is 3. The fourth-order valence-electron chi connectivity index (χ4n) is 1.65. The van der Waals surface area contributed by atoms with Crippen molar-refractivity contribution in [1.29, 1.82) is 0 Å². The van der Waals surface area contributed by atoms with Crippen LogP contribution in [0.4, 0.5) is 10.3 Å². The topological polar surface area (TPSA) is 42.7 Å². The molecule has 2 heterocycles. The van der Waals surface area contributed by atoms with Gasteiger partial charge in [0.05, 0.1) is 23.8 Å². The number of pyridine rings is 1. The Labute approximate surface area is 106 Å². The maximum absolute atomic E-state index is 13.2. The van der Waals surface area contributed by atoms with Gasteiger partial charge in [0.15, 0.2) is 0 Å². The SMILES string of the molecule is Cc1cn(-c2cncc(F)c2)c(NCC(C)C)n1. The molecule has 2 aromatic rings. The maximum atomic E-state index is 13.2. The predicted molar refractivity (Wildman–Crippen MR) is 69.4 cm³/mol. The lowest BCUT2D eigenvalue weighted by molar-refractivity contribution is 0.619. The van der Waals surface area contributed by atoms with E-state index < -0.39 is 0 Å². The fraction of sp³-hybridized carbons (Fsp3) is 0.385. The van der Waals surface area contributed by atoms with Gasteiger partial charge in [0.2, 0.25) is 5.95 Å². The van der Waals surface area contributed by atoms with Gasteiger partial charge < -0.3 is 5.32 Å². The Morgan fingerprint density at radius 1 is 1.39 bits per heavy atom. The third-order valence-corrected chi connectivity index (χ3v) is 2.46. The average molecular weight is 248 g/mol.